The summed E-state index contributed by atoms with van der Waals surface area (Å²) in [5.41, 5.74) is 0.628. The van der Waals surface area contributed by atoms with Gasteiger partial charge in [-0.15, -0.1) is 0 Å². The highest BCUT2D eigenvalue weighted by atomic mass is 16.5. The van der Waals surface area contributed by atoms with Gasteiger partial charge in [-0.25, -0.2) is 4.98 Å². The molecule has 0 spiro atoms. The molecule has 144 valence electrons. The van der Waals surface area contributed by atoms with Gasteiger partial charge in [-0.1, -0.05) is 18.2 Å². The molecular weight excluding hydrogens is 358 g/mol. The fourth-order valence-electron chi connectivity index (χ4n) is 3.41. The molecule has 1 amide bonds. The van der Waals surface area contributed by atoms with Crippen LogP contribution in [0.25, 0.3) is 10.8 Å². The number of aryl methyl sites for hydroxylation is 1. The second-order valence-electron chi connectivity index (χ2n) is 6.79. The van der Waals surface area contributed by atoms with Gasteiger partial charge in [0.05, 0.1) is 20.3 Å². The van der Waals surface area contributed by atoms with Crippen molar-refractivity contribution >= 4 is 16.7 Å². The first-order valence-corrected chi connectivity index (χ1v) is 9.09. The fourth-order valence-corrected chi connectivity index (χ4v) is 3.41. The number of rotatable bonds is 3. The molecule has 0 unspecified atom stereocenters. The number of aromatic nitrogens is 2. The lowest BCUT2D eigenvalue weighted by Gasteiger charge is -2.33. The average Bonchev–Trinajstić information content (AvgIpc) is 2.72. The highest BCUT2D eigenvalue weighted by Gasteiger charge is 2.27. The lowest BCUT2D eigenvalue weighted by molar-refractivity contribution is -0.0228. The van der Waals surface area contributed by atoms with E-state index in [0.29, 0.717) is 25.5 Å². The Morgan fingerprint density at radius 3 is 2.82 bits per heavy atom. The van der Waals surface area contributed by atoms with Crippen LogP contribution in [0, 0.1) is 6.92 Å². The molecule has 0 saturated carbocycles. The van der Waals surface area contributed by atoms with E-state index < -0.39 is 5.56 Å². The number of hydrogen-bond acceptors (Lipinski definition) is 5. The van der Waals surface area contributed by atoms with E-state index in [0.717, 1.165) is 22.1 Å². The molecule has 0 radical (unpaired) electrons. The average molecular weight is 379 g/mol. The number of methoxy groups -OCH3 is 1. The van der Waals surface area contributed by atoms with Crippen molar-refractivity contribution < 1.29 is 14.3 Å². The van der Waals surface area contributed by atoms with E-state index in [9.17, 15) is 9.59 Å². The van der Waals surface area contributed by atoms with Crippen molar-refractivity contribution in [2.75, 3.05) is 26.8 Å². The first-order chi connectivity index (χ1) is 13.5. The number of fused-ring (bicyclic) bond motifs is 1. The largest absolute Gasteiger partial charge is 0.497 e. The minimum absolute atomic E-state index is 0.0526. The summed E-state index contributed by atoms with van der Waals surface area (Å²) in [6, 6.07) is 12.0. The number of morpholine rings is 1. The van der Waals surface area contributed by atoms with Crippen molar-refractivity contribution in [2.24, 2.45) is 0 Å². The van der Waals surface area contributed by atoms with Crippen molar-refractivity contribution in [3.05, 3.63) is 69.9 Å². The number of benzene rings is 2. The maximum atomic E-state index is 12.8. The number of nitrogens with zero attached hydrogens (tertiary/aromatic N) is 2. The maximum absolute atomic E-state index is 12.8. The van der Waals surface area contributed by atoms with Crippen LogP contribution >= 0.6 is 0 Å². The molecule has 3 aromatic rings. The van der Waals surface area contributed by atoms with Crippen LogP contribution in [0.3, 0.4) is 0 Å². The van der Waals surface area contributed by atoms with Crippen LogP contribution in [-0.4, -0.2) is 47.6 Å². The van der Waals surface area contributed by atoms with Crippen molar-refractivity contribution in [2.45, 2.75) is 13.0 Å². The number of amides is 1. The predicted molar refractivity (Wildman–Crippen MR) is 105 cm³/mol. The third kappa shape index (κ3) is 3.48. The minimum Gasteiger partial charge on any atom is -0.497 e. The molecule has 28 heavy (non-hydrogen) atoms. The second-order valence-corrected chi connectivity index (χ2v) is 6.79. The Morgan fingerprint density at radius 2 is 2.04 bits per heavy atom. The molecule has 2 aromatic carbocycles. The molecule has 0 aliphatic carbocycles. The summed E-state index contributed by atoms with van der Waals surface area (Å²) in [5, 5.41) is 2.15. The van der Waals surface area contributed by atoms with Gasteiger partial charge in [0, 0.05) is 12.7 Å². The number of hydrogen-bond donors (Lipinski definition) is 1. The van der Waals surface area contributed by atoms with Gasteiger partial charge >= 0.3 is 0 Å². The van der Waals surface area contributed by atoms with E-state index in [4.69, 9.17) is 9.47 Å². The third-order valence-corrected chi connectivity index (χ3v) is 4.95. The maximum Gasteiger partial charge on any atom is 0.263 e. The molecule has 7 nitrogen and oxygen atoms in total. The van der Waals surface area contributed by atoms with Crippen molar-refractivity contribution in [1.29, 1.82) is 0 Å². The number of carbonyl (C=O) groups excluding carboxylic acids is 1. The van der Waals surface area contributed by atoms with Gasteiger partial charge in [-0.3, -0.25) is 9.59 Å². The van der Waals surface area contributed by atoms with E-state index in [1.165, 1.54) is 6.20 Å². The summed E-state index contributed by atoms with van der Waals surface area (Å²) in [5.74, 6) is 0.963. The van der Waals surface area contributed by atoms with Crippen LogP contribution in [0.15, 0.2) is 47.4 Å². The molecule has 1 N–H and O–H groups in total. The lowest BCUT2D eigenvalue weighted by Crippen LogP contribution is -2.44. The summed E-state index contributed by atoms with van der Waals surface area (Å²) in [6.45, 7) is 2.91. The summed E-state index contributed by atoms with van der Waals surface area (Å²) in [4.78, 5) is 33.1. The second kappa shape index (κ2) is 7.44. The van der Waals surface area contributed by atoms with Crippen LogP contribution in [0.4, 0.5) is 0 Å². The molecule has 2 heterocycles. The standard InChI is InChI=1S/C21H21N3O4/c1-13-22-11-18(20(25)23-13)21(26)24-7-8-28-19(12-24)16-4-3-15-10-17(27-2)6-5-14(15)9-16/h3-6,9-11,19H,7-8,12H2,1-2H3,(H,22,23,25)/t19-/m1/s1. The van der Waals surface area contributed by atoms with E-state index in [-0.39, 0.29) is 17.6 Å². The number of carbonyl (C=O) groups is 1. The van der Waals surface area contributed by atoms with E-state index in [1.54, 1.807) is 18.9 Å². The van der Waals surface area contributed by atoms with Crippen molar-refractivity contribution in [3.63, 3.8) is 0 Å². The Hall–Kier alpha value is -3.19. The summed E-state index contributed by atoms with van der Waals surface area (Å²) in [6.07, 6.45) is 1.09. The summed E-state index contributed by atoms with van der Waals surface area (Å²) < 4.78 is 11.2. The van der Waals surface area contributed by atoms with Gasteiger partial charge in [-0.05, 0) is 41.5 Å². The highest BCUT2D eigenvalue weighted by Crippen LogP contribution is 2.28. The Bertz CT molecular complexity index is 1090. The molecule has 1 fully saturated rings. The van der Waals surface area contributed by atoms with Crippen molar-refractivity contribution in [1.82, 2.24) is 14.9 Å². The number of aromatic amines is 1. The molecule has 4 rings (SSSR count). The molecular formula is C21H21N3O4. The first-order valence-electron chi connectivity index (χ1n) is 9.09. The van der Waals surface area contributed by atoms with E-state index >= 15 is 0 Å². The molecule has 1 saturated heterocycles. The topological polar surface area (TPSA) is 84.5 Å². The normalized spacial score (nSPS) is 16.9. The van der Waals surface area contributed by atoms with Gasteiger partial charge in [0.1, 0.15) is 23.2 Å². The summed E-state index contributed by atoms with van der Waals surface area (Å²) >= 11 is 0. The van der Waals surface area contributed by atoms with Crippen LogP contribution < -0.4 is 10.3 Å². The Morgan fingerprint density at radius 1 is 1.25 bits per heavy atom. The molecule has 1 aliphatic heterocycles. The lowest BCUT2D eigenvalue weighted by atomic mass is 10.0. The van der Waals surface area contributed by atoms with Crippen LogP contribution in [0.5, 0.6) is 5.75 Å². The van der Waals surface area contributed by atoms with Gasteiger partial charge in [0.2, 0.25) is 0 Å². The van der Waals surface area contributed by atoms with Gasteiger partial charge in [-0.2, -0.15) is 0 Å². The zero-order valence-corrected chi connectivity index (χ0v) is 15.8. The van der Waals surface area contributed by atoms with Crippen molar-refractivity contribution in [3.8, 4) is 5.75 Å². The number of H-pyrrole nitrogens is 1. The SMILES string of the molecule is COc1ccc2cc([C@H]3CN(C(=O)c4cnc(C)[nH]c4=O)CCO3)ccc2c1. The van der Waals surface area contributed by atoms with E-state index in [1.807, 2.05) is 30.3 Å². The Labute approximate surface area is 161 Å². The van der Waals surface area contributed by atoms with Crippen LogP contribution in [0.1, 0.15) is 27.8 Å². The first kappa shape index (κ1) is 18.2. The molecule has 1 atom stereocenters. The molecule has 1 aromatic heterocycles. The van der Waals surface area contributed by atoms with Gasteiger partial charge in [0.25, 0.3) is 11.5 Å². The monoisotopic (exact) mass is 379 g/mol. The highest BCUT2D eigenvalue weighted by molar-refractivity contribution is 5.93. The third-order valence-electron chi connectivity index (χ3n) is 4.95. The Kier molecular flexibility index (Phi) is 4.83. The fraction of sp³-hybridized carbons (Fsp3) is 0.286. The molecule has 1 aliphatic rings. The minimum atomic E-state index is -0.416. The predicted octanol–water partition coefficient (Wildman–Crippen LogP) is 2.45. The zero-order chi connectivity index (χ0) is 19.7. The molecule has 0 bridgehead atoms. The van der Waals surface area contributed by atoms with Gasteiger partial charge < -0.3 is 19.4 Å². The smallest absolute Gasteiger partial charge is 0.263 e. The van der Waals surface area contributed by atoms with E-state index in [2.05, 4.69) is 16.0 Å². The number of ether oxygens (including phenoxy) is 2. The molecule has 7 heteroatoms. The zero-order valence-electron chi connectivity index (χ0n) is 15.8. The quantitative estimate of drug-likeness (QED) is 0.756. The number of nitrogens with one attached hydrogen (secondary N) is 1. The Balaban J connectivity index is 1.57. The van der Waals surface area contributed by atoms with Crippen LogP contribution in [-0.2, 0) is 4.74 Å². The van der Waals surface area contributed by atoms with Crippen LogP contribution in [0.2, 0.25) is 0 Å². The van der Waals surface area contributed by atoms with Gasteiger partial charge in [0.15, 0.2) is 0 Å². The summed E-state index contributed by atoms with van der Waals surface area (Å²) in [7, 11) is 1.64.